The SMILES string of the molecule is Cc1nc(N(C)C2CCCN(C)C2)ncc1C(=O)O. The van der Waals surface area contributed by atoms with Gasteiger partial charge in [-0.15, -0.1) is 0 Å². The fraction of sp³-hybridized carbons (Fsp3) is 0.615. The van der Waals surface area contributed by atoms with Crippen molar-refractivity contribution in [1.82, 2.24) is 14.9 Å². The predicted molar refractivity (Wildman–Crippen MR) is 72.7 cm³/mol. The summed E-state index contributed by atoms with van der Waals surface area (Å²) in [6.45, 7) is 3.82. The molecule has 1 N–H and O–H groups in total. The Morgan fingerprint density at radius 2 is 2.32 bits per heavy atom. The Labute approximate surface area is 113 Å². The zero-order chi connectivity index (χ0) is 14.0. The summed E-state index contributed by atoms with van der Waals surface area (Å²) in [6.07, 6.45) is 3.67. The molecular weight excluding hydrogens is 244 g/mol. The van der Waals surface area contributed by atoms with Crippen LogP contribution in [0, 0.1) is 6.92 Å². The van der Waals surface area contributed by atoms with Crippen molar-refractivity contribution in [3.63, 3.8) is 0 Å². The second kappa shape index (κ2) is 5.52. The number of likely N-dealkylation sites (tertiary alicyclic amines) is 1. The zero-order valence-electron chi connectivity index (χ0n) is 11.6. The first-order valence-corrected chi connectivity index (χ1v) is 6.47. The molecule has 19 heavy (non-hydrogen) atoms. The van der Waals surface area contributed by atoms with Crippen LogP contribution in [0.3, 0.4) is 0 Å². The molecule has 2 rings (SSSR count). The molecule has 1 aliphatic heterocycles. The lowest BCUT2D eigenvalue weighted by molar-refractivity contribution is 0.0695. The second-order valence-corrected chi connectivity index (χ2v) is 5.14. The van der Waals surface area contributed by atoms with Crippen molar-refractivity contribution in [2.45, 2.75) is 25.8 Å². The fourth-order valence-corrected chi connectivity index (χ4v) is 2.45. The van der Waals surface area contributed by atoms with Gasteiger partial charge in [-0.2, -0.15) is 0 Å². The normalized spacial score (nSPS) is 20.3. The van der Waals surface area contributed by atoms with Gasteiger partial charge in [0.15, 0.2) is 0 Å². The monoisotopic (exact) mass is 264 g/mol. The van der Waals surface area contributed by atoms with Crippen LogP contribution in [0.5, 0.6) is 0 Å². The van der Waals surface area contributed by atoms with Gasteiger partial charge in [-0.3, -0.25) is 0 Å². The molecule has 1 fully saturated rings. The van der Waals surface area contributed by atoms with Crippen LogP contribution in [0.4, 0.5) is 5.95 Å². The average molecular weight is 264 g/mol. The van der Waals surface area contributed by atoms with E-state index in [2.05, 4.69) is 21.9 Å². The highest BCUT2D eigenvalue weighted by Gasteiger charge is 2.23. The number of aromatic nitrogens is 2. The lowest BCUT2D eigenvalue weighted by Crippen LogP contribution is -2.45. The van der Waals surface area contributed by atoms with Crippen molar-refractivity contribution >= 4 is 11.9 Å². The molecule has 0 spiro atoms. The molecule has 6 nitrogen and oxygen atoms in total. The van der Waals surface area contributed by atoms with Gasteiger partial charge in [0.25, 0.3) is 0 Å². The van der Waals surface area contributed by atoms with E-state index in [0.29, 0.717) is 17.7 Å². The molecule has 1 aromatic heterocycles. The van der Waals surface area contributed by atoms with E-state index < -0.39 is 5.97 Å². The number of carbonyl (C=O) groups is 1. The lowest BCUT2D eigenvalue weighted by Gasteiger charge is -2.35. The summed E-state index contributed by atoms with van der Waals surface area (Å²) in [7, 11) is 4.08. The van der Waals surface area contributed by atoms with Gasteiger partial charge < -0.3 is 14.9 Å². The minimum absolute atomic E-state index is 0.165. The molecule has 0 bridgehead atoms. The molecule has 1 atom stereocenters. The summed E-state index contributed by atoms with van der Waals surface area (Å²) in [4.78, 5) is 23.8. The van der Waals surface area contributed by atoms with Gasteiger partial charge in [0.05, 0.1) is 11.3 Å². The van der Waals surface area contributed by atoms with Crippen molar-refractivity contribution in [1.29, 1.82) is 0 Å². The van der Waals surface area contributed by atoms with Crippen LogP contribution in [0.15, 0.2) is 6.20 Å². The Hall–Kier alpha value is -1.69. The van der Waals surface area contributed by atoms with E-state index in [4.69, 9.17) is 5.11 Å². The number of carboxylic acid groups (broad SMARTS) is 1. The van der Waals surface area contributed by atoms with Crippen LogP contribution in [0.1, 0.15) is 28.9 Å². The standard InChI is InChI=1S/C13H20N4O2/c1-9-11(12(18)19)7-14-13(15-9)17(3)10-5-4-6-16(2)8-10/h7,10H,4-6,8H2,1-3H3,(H,18,19). The quantitative estimate of drug-likeness (QED) is 0.878. The Morgan fingerprint density at radius 1 is 1.58 bits per heavy atom. The highest BCUT2D eigenvalue weighted by molar-refractivity contribution is 5.88. The lowest BCUT2D eigenvalue weighted by atomic mass is 10.1. The van der Waals surface area contributed by atoms with Crippen molar-refractivity contribution in [2.75, 3.05) is 32.1 Å². The number of anilines is 1. The minimum atomic E-state index is -0.982. The Bertz CT molecular complexity index is 478. The Kier molecular flexibility index (Phi) is 3.99. The number of nitrogens with zero attached hydrogens (tertiary/aromatic N) is 4. The number of carboxylic acids is 1. The van der Waals surface area contributed by atoms with Crippen LogP contribution in [0.25, 0.3) is 0 Å². The maximum absolute atomic E-state index is 10.9. The van der Waals surface area contributed by atoms with E-state index in [1.165, 1.54) is 6.20 Å². The summed E-state index contributed by atoms with van der Waals surface area (Å²) in [5.41, 5.74) is 0.673. The van der Waals surface area contributed by atoms with Crippen molar-refractivity contribution < 1.29 is 9.90 Å². The minimum Gasteiger partial charge on any atom is -0.478 e. The van der Waals surface area contributed by atoms with Gasteiger partial charge in [-0.1, -0.05) is 0 Å². The average Bonchev–Trinajstić information content (AvgIpc) is 2.37. The van der Waals surface area contributed by atoms with Gasteiger partial charge in [0.1, 0.15) is 0 Å². The number of hydrogen-bond donors (Lipinski definition) is 1. The topological polar surface area (TPSA) is 69.6 Å². The first kappa shape index (κ1) is 13.7. The van der Waals surface area contributed by atoms with E-state index in [-0.39, 0.29) is 5.56 Å². The van der Waals surface area contributed by atoms with E-state index in [0.717, 1.165) is 25.9 Å². The maximum Gasteiger partial charge on any atom is 0.339 e. The second-order valence-electron chi connectivity index (χ2n) is 5.14. The molecule has 0 amide bonds. The molecule has 1 unspecified atom stereocenters. The van der Waals surface area contributed by atoms with Crippen molar-refractivity contribution in [3.8, 4) is 0 Å². The number of aryl methyl sites for hydroxylation is 1. The molecule has 104 valence electrons. The fourth-order valence-electron chi connectivity index (χ4n) is 2.45. The third-order valence-corrected chi connectivity index (χ3v) is 3.66. The van der Waals surface area contributed by atoms with Crippen LogP contribution in [-0.2, 0) is 0 Å². The third-order valence-electron chi connectivity index (χ3n) is 3.66. The highest BCUT2D eigenvalue weighted by Crippen LogP contribution is 2.18. The molecule has 0 aromatic carbocycles. The van der Waals surface area contributed by atoms with Crippen LogP contribution in [-0.4, -0.2) is 59.2 Å². The van der Waals surface area contributed by atoms with Crippen molar-refractivity contribution in [2.24, 2.45) is 0 Å². The maximum atomic E-state index is 10.9. The van der Waals surface area contributed by atoms with E-state index in [9.17, 15) is 4.79 Å². The summed E-state index contributed by atoms with van der Waals surface area (Å²) in [6, 6.07) is 0.383. The molecule has 1 aliphatic rings. The molecule has 0 radical (unpaired) electrons. The Morgan fingerprint density at radius 3 is 2.89 bits per heavy atom. The third kappa shape index (κ3) is 3.01. The predicted octanol–water partition coefficient (Wildman–Crippen LogP) is 1.01. The largest absolute Gasteiger partial charge is 0.478 e. The number of likely N-dealkylation sites (N-methyl/N-ethyl adjacent to an activating group) is 2. The molecule has 2 heterocycles. The number of hydrogen-bond acceptors (Lipinski definition) is 5. The first-order valence-electron chi connectivity index (χ1n) is 6.47. The Balaban J connectivity index is 2.17. The first-order chi connectivity index (χ1) is 8.99. The summed E-state index contributed by atoms with van der Waals surface area (Å²) in [5, 5.41) is 8.98. The van der Waals surface area contributed by atoms with E-state index in [1.54, 1.807) is 6.92 Å². The molecule has 6 heteroatoms. The zero-order valence-corrected chi connectivity index (χ0v) is 11.6. The van der Waals surface area contributed by atoms with Crippen LogP contribution >= 0.6 is 0 Å². The van der Waals surface area contributed by atoms with Gasteiger partial charge in [0.2, 0.25) is 5.95 Å². The van der Waals surface area contributed by atoms with Gasteiger partial charge in [-0.05, 0) is 33.4 Å². The molecule has 0 aliphatic carbocycles. The molecular formula is C13H20N4O2. The molecule has 0 saturated carbocycles. The smallest absolute Gasteiger partial charge is 0.339 e. The molecule has 1 aromatic rings. The summed E-state index contributed by atoms with van der Waals surface area (Å²) >= 11 is 0. The van der Waals surface area contributed by atoms with Crippen molar-refractivity contribution in [3.05, 3.63) is 17.5 Å². The summed E-state index contributed by atoms with van der Waals surface area (Å²) in [5.74, 6) is -0.382. The van der Waals surface area contributed by atoms with Crippen LogP contribution in [0.2, 0.25) is 0 Å². The number of aromatic carboxylic acids is 1. The van der Waals surface area contributed by atoms with Gasteiger partial charge in [-0.25, -0.2) is 14.8 Å². The number of piperidine rings is 1. The summed E-state index contributed by atoms with van der Waals surface area (Å²) < 4.78 is 0. The van der Waals surface area contributed by atoms with E-state index >= 15 is 0 Å². The van der Waals surface area contributed by atoms with E-state index in [1.807, 2.05) is 11.9 Å². The highest BCUT2D eigenvalue weighted by atomic mass is 16.4. The van der Waals surface area contributed by atoms with Crippen LogP contribution < -0.4 is 4.90 Å². The molecule has 1 saturated heterocycles. The number of rotatable bonds is 3. The van der Waals surface area contributed by atoms with Gasteiger partial charge in [0, 0.05) is 25.8 Å². The van der Waals surface area contributed by atoms with Gasteiger partial charge >= 0.3 is 5.97 Å².